The van der Waals surface area contributed by atoms with Crippen molar-refractivity contribution < 1.29 is 14.9 Å². The summed E-state index contributed by atoms with van der Waals surface area (Å²) in [5.41, 5.74) is 0.0273. The lowest BCUT2D eigenvalue weighted by Gasteiger charge is -2.24. The molecule has 4 nitrogen and oxygen atoms in total. The van der Waals surface area contributed by atoms with Gasteiger partial charge in [-0.15, -0.1) is 0 Å². The van der Waals surface area contributed by atoms with Crippen molar-refractivity contribution in [3.8, 4) is 5.75 Å². The number of hydrogen-bond donors (Lipinski definition) is 3. The number of aliphatic hydroxyl groups excluding tert-OH is 1. The van der Waals surface area contributed by atoms with Crippen LogP contribution < -0.4 is 10.1 Å². The summed E-state index contributed by atoms with van der Waals surface area (Å²) in [4.78, 5) is 0. The van der Waals surface area contributed by atoms with Crippen molar-refractivity contribution in [2.45, 2.75) is 45.4 Å². The lowest BCUT2D eigenvalue weighted by molar-refractivity contribution is 0.00106. The number of hydrogen-bond acceptors (Lipinski definition) is 4. The van der Waals surface area contributed by atoms with E-state index in [2.05, 4.69) is 5.32 Å². The third kappa shape index (κ3) is 5.59. The van der Waals surface area contributed by atoms with Crippen LogP contribution in [-0.4, -0.2) is 35.1 Å². The first-order valence-electron chi connectivity index (χ1n) is 6.67. The van der Waals surface area contributed by atoms with E-state index >= 15 is 0 Å². The Morgan fingerprint density at radius 1 is 1.21 bits per heavy atom. The highest BCUT2D eigenvalue weighted by Gasteiger charge is 2.19. The van der Waals surface area contributed by atoms with E-state index in [-0.39, 0.29) is 18.8 Å². The van der Waals surface area contributed by atoms with Crippen molar-refractivity contribution >= 4 is 0 Å². The van der Waals surface area contributed by atoms with Gasteiger partial charge in [0, 0.05) is 12.6 Å². The molecular weight excluding hydrogens is 242 g/mol. The molecule has 108 valence electrons. The predicted molar refractivity (Wildman–Crippen MR) is 76.3 cm³/mol. The zero-order valence-electron chi connectivity index (χ0n) is 12.2. The van der Waals surface area contributed by atoms with Crippen LogP contribution in [0.1, 0.15) is 39.3 Å². The molecule has 1 rings (SSSR count). The van der Waals surface area contributed by atoms with Crippen LogP contribution in [0, 0.1) is 0 Å². The molecule has 19 heavy (non-hydrogen) atoms. The molecule has 0 saturated carbocycles. The summed E-state index contributed by atoms with van der Waals surface area (Å²) in [6.45, 7) is 7.70. The topological polar surface area (TPSA) is 61.7 Å². The monoisotopic (exact) mass is 267 g/mol. The molecule has 0 heterocycles. The molecule has 0 saturated heterocycles. The maximum atomic E-state index is 9.73. The molecule has 0 spiro atoms. The molecular formula is C15H25NO3. The first-order chi connectivity index (χ1) is 8.84. The minimum Gasteiger partial charge on any atom is -0.491 e. The molecule has 0 bridgehead atoms. The summed E-state index contributed by atoms with van der Waals surface area (Å²) >= 11 is 0. The van der Waals surface area contributed by atoms with E-state index in [9.17, 15) is 5.11 Å². The fraction of sp³-hybridized carbons (Fsp3) is 0.600. The van der Waals surface area contributed by atoms with E-state index in [1.165, 1.54) is 0 Å². The predicted octanol–water partition coefficient (Wildman–Crippen LogP) is 1.87. The van der Waals surface area contributed by atoms with Crippen LogP contribution in [-0.2, 0) is 0 Å². The third-order valence-corrected chi connectivity index (χ3v) is 2.88. The molecule has 0 aliphatic carbocycles. The Hall–Kier alpha value is -1.10. The highest BCUT2D eigenvalue weighted by atomic mass is 16.5. The van der Waals surface area contributed by atoms with Crippen molar-refractivity contribution in [1.82, 2.24) is 5.32 Å². The number of nitrogens with one attached hydrogen (secondary N) is 1. The first-order valence-corrected chi connectivity index (χ1v) is 6.67. The van der Waals surface area contributed by atoms with Gasteiger partial charge in [-0.1, -0.05) is 12.1 Å². The smallest absolute Gasteiger partial charge is 0.119 e. The van der Waals surface area contributed by atoms with Gasteiger partial charge in [-0.05, 0) is 45.4 Å². The quantitative estimate of drug-likeness (QED) is 0.706. The molecule has 2 unspecified atom stereocenters. The standard InChI is InChI=1S/C15H25NO3/c1-11(2)19-14-7-5-13(6-8-14)12(3)16-9-15(4,18)10-17/h5-8,11-12,16-18H,9-10H2,1-4H3. The van der Waals surface area contributed by atoms with Gasteiger partial charge in [0.2, 0.25) is 0 Å². The Morgan fingerprint density at radius 2 is 1.79 bits per heavy atom. The number of aliphatic hydroxyl groups is 2. The van der Waals surface area contributed by atoms with E-state index < -0.39 is 5.60 Å². The van der Waals surface area contributed by atoms with Gasteiger partial charge in [-0.25, -0.2) is 0 Å². The fourth-order valence-corrected chi connectivity index (χ4v) is 1.65. The Bertz CT molecular complexity index is 373. The molecule has 0 aliphatic heterocycles. The average Bonchev–Trinajstić information content (AvgIpc) is 2.36. The van der Waals surface area contributed by atoms with Gasteiger partial charge in [0.15, 0.2) is 0 Å². The van der Waals surface area contributed by atoms with Gasteiger partial charge < -0.3 is 20.3 Å². The molecule has 1 aromatic carbocycles. The van der Waals surface area contributed by atoms with Gasteiger partial charge in [-0.3, -0.25) is 0 Å². The van der Waals surface area contributed by atoms with Crippen molar-refractivity contribution in [3.63, 3.8) is 0 Å². The molecule has 0 radical (unpaired) electrons. The van der Waals surface area contributed by atoms with Crippen molar-refractivity contribution in [3.05, 3.63) is 29.8 Å². The first kappa shape index (κ1) is 16.0. The highest BCUT2D eigenvalue weighted by molar-refractivity contribution is 5.29. The minimum atomic E-state index is -1.09. The number of benzene rings is 1. The van der Waals surface area contributed by atoms with E-state index in [0.29, 0.717) is 6.54 Å². The second kappa shape index (κ2) is 6.89. The Kier molecular flexibility index (Phi) is 5.79. The van der Waals surface area contributed by atoms with Gasteiger partial charge in [0.05, 0.1) is 18.3 Å². The summed E-state index contributed by atoms with van der Waals surface area (Å²) in [6.07, 6.45) is 0.168. The van der Waals surface area contributed by atoms with Crippen molar-refractivity contribution in [2.75, 3.05) is 13.2 Å². The van der Waals surface area contributed by atoms with E-state index in [1.54, 1.807) is 6.92 Å². The maximum absolute atomic E-state index is 9.73. The van der Waals surface area contributed by atoms with Crippen LogP contribution in [0.25, 0.3) is 0 Å². The molecule has 1 aromatic rings. The molecule has 0 aliphatic rings. The summed E-state index contributed by atoms with van der Waals surface area (Å²) in [5, 5.41) is 21.9. The van der Waals surface area contributed by atoms with E-state index in [1.807, 2.05) is 45.0 Å². The van der Waals surface area contributed by atoms with Crippen LogP contribution in [0.2, 0.25) is 0 Å². The van der Waals surface area contributed by atoms with Gasteiger partial charge in [0.25, 0.3) is 0 Å². The van der Waals surface area contributed by atoms with E-state index in [4.69, 9.17) is 9.84 Å². The lowest BCUT2D eigenvalue weighted by Crippen LogP contribution is -2.41. The molecule has 0 amide bonds. The Labute approximate surface area is 115 Å². The average molecular weight is 267 g/mol. The Balaban J connectivity index is 2.55. The van der Waals surface area contributed by atoms with Crippen LogP contribution >= 0.6 is 0 Å². The maximum Gasteiger partial charge on any atom is 0.119 e. The van der Waals surface area contributed by atoms with Crippen LogP contribution in [0.5, 0.6) is 5.75 Å². The molecule has 0 aromatic heterocycles. The van der Waals surface area contributed by atoms with E-state index in [0.717, 1.165) is 11.3 Å². The summed E-state index contributed by atoms with van der Waals surface area (Å²) in [5.74, 6) is 0.855. The van der Waals surface area contributed by atoms with Gasteiger partial charge in [-0.2, -0.15) is 0 Å². The minimum absolute atomic E-state index is 0.103. The fourth-order valence-electron chi connectivity index (χ4n) is 1.65. The summed E-state index contributed by atoms with van der Waals surface area (Å²) in [6, 6.07) is 7.99. The second-order valence-electron chi connectivity index (χ2n) is 5.49. The largest absolute Gasteiger partial charge is 0.491 e. The van der Waals surface area contributed by atoms with Crippen LogP contribution in [0.3, 0.4) is 0 Å². The van der Waals surface area contributed by atoms with Gasteiger partial charge >= 0.3 is 0 Å². The van der Waals surface area contributed by atoms with Crippen LogP contribution in [0.15, 0.2) is 24.3 Å². The normalized spacial score (nSPS) is 16.2. The molecule has 4 heteroatoms. The Morgan fingerprint density at radius 3 is 2.26 bits per heavy atom. The molecule has 3 N–H and O–H groups in total. The van der Waals surface area contributed by atoms with Crippen molar-refractivity contribution in [1.29, 1.82) is 0 Å². The number of rotatable bonds is 7. The highest BCUT2D eigenvalue weighted by Crippen LogP contribution is 2.18. The van der Waals surface area contributed by atoms with Crippen LogP contribution in [0.4, 0.5) is 0 Å². The summed E-state index contributed by atoms with van der Waals surface area (Å²) in [7, 11) is 0. The molecule has 2 atom stereocenters. The van der Waals surface area contributed by atoms with Gasteiger partial charge in [0.1, 0.15) is 5.75 Å². The molecule has 0 fully saturated rings. The zero-order chi connectivity index (χ0) is 14.5. The summed E-state index contributed by atoms with van der Waals surface area (Å²) < 4.78 is 5.59. The lowest BCUT2D eigenvalue weighted by atomic mass is 10.1. The third-order valence-electron chi connectivity index (χ3n) is 2.88. The second-order valence-corrected chi connectivity index (χ2v) is 5.49. The van der Waals surface area contributed by atoms with Crippen molar-refractivity contribution in [2.24, 2.45) is 0 Å². The number of ether oxygens (including phenoxy) is 1. The zero-order valence-corrected chi connectivity index (χ0v) is 12.2. The SMILES string of the molecule is CC(C)Oc1ccc(C(C)NCC(C)(O)CO)cc1.